The first-order chi connectivity index (χ1) is 8.72. The maximum Gasteiger partial charge on any atom is 0.234 e. The van der Waals surface area contributed by atoms with Crippen LogP contribution in [0.25, 0.3) is 0 Å². The van der Waals surface area contributed by atoms with E-state index < -0.39 is 0 Å². The molecule has 5 nitrogen and oxygen atoms in total. The molecule has 0 saturated heterocycles. The van der Waals surface area contributed by atoms with Crippen molar-refractivity contribution in [1.82, 2.24) is 15.5 Å². The summed E-state index contributed by atoms with van der Waals surface area (Å²) in [6.45, 7) is 6.95. The van der Waals surface area contributed by atoms with E-state index in [2.05, 4.69) is 29.4 Å². The number of hydrogen-bond acceptors (Lipinski definition) is 4. The minimum atomic E-state index is 0. The zero-order valence-electron chi connectivity index (χ0n) is 11.8. The number of carbonyl (C=O) groups is 1. The molecule has 0 bridgehead atoms. The molecule has 1 aromatic heterocycles. The van der Waals surface area contributed by atoms with Gasteiger partial charge >= 0.3 is 0 Å². The quantitative estimate of drug-likeness (QED) is 0.760. The minimum absolute atomic E-state index is 0. The molecule has 0 spiro atoms. The van der Waals surface area contributed by atoms with Crippen molar-refractivity contribution in [1.29, 1.82) is 0 Å². The molecule has 1 rings (SSSR count). The molecule has 0 saturated carbocycles. The lowest BCUT2D eigenvalue weighted by molar-refractivity contribution is -0.120. The molecule has 6 heteroatoms. The molecular formula is C13H24ClN3O2. The van der Waals surface area contributed by atoms with Gasteiger partial charge in [-0.15, -0.1) is 12.4 Å². The second-order valence-corrected chi connectivity index (χ2v) is 4.09. The Morgan fingerprint density at radius 3 is 2.58 bits per heavy atom. The van der Waals surface area contributed by atoms with Gasteiger partial charge in [-0.3, -0.25) is 9.69 Å². The monoisotopic (exact) mass is 289 g/mol. The highest BCUT2D eigenvalue weighted by Gasteiger charge is 2.20. The van der Waals surface area contributed by atoms with Crippen LogP contribution in [0.2, 0.25) is 0 Å². The Balaban J connectivity index is 0.00000324. The number of rotatable bonds is 8. The van der Waals surface area contributed by atoms with Gasteiger partial charge in [-0.05, 0) is 32.3 Å². The van der Waals surface area contributed by atoms with E-state index in [1.54, 1.807) is 13.3 Å². The van der Waals surface area contributed by atoms with Crippen LogP contribution in [0.5, 0.6) is 0 Å². The third-order valence-electron chi connectivity index (χ3n) is 2.95. The molecule has 0 aromatic carbocycles. The average molecular weight is 290 g/mol. The van der Waals surface area contributed by atoms with Crippen LogP contribution in [0, 0.1) is 0 Å². The molecule has 1 heterocycles. The molecule has 19 heavy (non-hydrogen) atoms. The van der Waals surface area contributed by atoms with Crippen molar-refractivity contribution < 1.29 is 9.21 Å². The fraction of sp³-hybridized carbons (Fsp3) is 0.615. The van der Waals surface area contributed by atoms with E-state index in [1.807, 2.05) is 12.1 Å². The summed E-state index contributed by atoms with van der Waals surface area (Å²) >= 11 is 0. The van der Waals surface area contributed by atoms with E-state index in [9.17, 15) is 4.79 Å². The molecule has 0 fully saturated rings. The lowest BCUT2D eigenvalue weighted by Crippen LogP contribution is -2.40. The largest absolute Gasteiger partial charge is 0.468 e. The third-order valence-corrected chi connectivity index (χ3v) is 2.95. The number of hydrogen-bond donors (Lipinski definition) is 2. The molecule has 2 N–H and O–H groups in total. The van der Waals surface area contributed by atoms with Gasteiger partial charge in [0.25, 0.3) is 0 Å². The average Bonchev–Trinajstić information content (AvgIpc) is 2.88. The van der Waals surface area contributed by atoms with Crippen LogP contribution in [0.3, 0.4) is 0 Å². The number of amides is 1. The molecule has 0 aliphatic heterocycles. The standard InChI is InChI=1S/C13H23N3O2.ClH/c1-4-16(5-2)11(12-7-6-8-18-12)9-15-13(17)10-14-3;/h6-8,11,14H,4-5,9-10H2,1-3H3,(H,15,17);1H. The van der Waals surface area contributed by atoms with E-state index in [0.29, 0.717) is 13.1 Å². The van der Waals surface area contributed by atoms with Gasteiger partial charge in [0, 0.05) is 6.54 Å². The smallest absolute Gasteiger partial charge is 0.234 e. The van der Waals surface area contributed by atoms with Gasteiger partial charge in [0.1, 0.15) is 5.76 Å². The van der Waals surface area contributed by atoms with Crippen LogP contribution in [0.4, 0.5) is 0 Å². The lowest BCUT2D eigenvalue weighted by atomic mass is 10.2. The van der Waals surface area contributed by atoms with E-state index in [0.717, 1.165) is 18.8 Å². The van der Waals surface area contributed by atoms with Crippen molar-refractivity contribution in [3.8, 4) is 0 Å². The van der Waals surface area contributed by atoms with Crippen LogP contribution in [0.15, 0.2) is 22.8 Å². The van der Waals surface area contributed by atoms with Crippen molar-refractivity contribution in [3.63, 3.8) is 0 Å². The van der Waals surface area contributed by atoms with Crippen molar-refractivity contribution in [2.24, 2.45) is 0 Å². The van der Waals surface area contributed by atoms with E-state index in [-0.39, 0.29) is 24.4 Å². The van der Waals surface area contributed by atoms with Crippen LogP contribution in [-0.2, 0) is 4.79 Å². The van der Waals surface area contributed by atoms with Crippen molar-refractivity contribution in [3.05, 3.63) is 24.2 Å². The summed E-state index contributed by atoms with van der Waals surface area (Å²) in [6.07, 6.45) is 1.67. The van der Waals surface area contributed by atoms with Gasteiger partial charge in [-0.1, -0.05) is 13.8 Å². The minimum Gasteiger partial charge on any atom is -0.468 e. The maximum atomic E-state index is 11.5. The molecule has 110 valence electrons. The number of nitrogens with zero attached hydrogens (tertiary/aromatic N) is 1. The van der Waals surface area contributed by atoms with Gasteiger partial charge in [0.15, 0.2) is 0 Å². The molecule has 0 aliphatic carbocycles. The van der Waals surface area contributed by atoms with Crippen LogP contribution >= 0.6 is 12.4 Å². The van der Waals surface area contributed by atoms with Gasteiger partial charge < -0.3 is 15.1 Å². The highest BCUT2D eigenvalue weighted by atomic mass is 35.5. The molecule has 1 aromatic rings. The summed E-state index contributed by atoms with van der Waals surface area (Å²) in [4.78, 5) is 13.8. The topological polar surface area (TPSA) is 57.5 Å². The number of nitrogens with one attached hydrogen (secondary N) is 2. The summed E-state index contributed by atoms with van der Waals surface area (Å²) < 4.78 is 5.46. The summed E-state index contributed by atoms with van der Waals surface area (Å²) in [5.41, 5.74) is 0. The van der Waals surface area contributed by atoms with Gasteiger partial charge in [0.05, 0.1) is 18.8 Å². The SMILES string of the molecule is CCN(CC)C(CNC(=O)CNC)c1ccco1.Cl. The Morgan fingerprint density at radius 1 is 1.42 bits per heavy atom. The summed E-state index contributed by atoms with van der Waals surface area (Å²) in [5.74, 6) is 0.893. The fourth-order valence-corrected chi connectivity index (χ4v) is 1.99. The summed E-state index contributed by atoms with van der Waals surface area (Å²) in [6, 6.07) is 3.92. The van der Waals surface area contributed by atoms with E-state index in [1.165, 1.54) is 0 Å². The highest BCUT2D eigenvalue weighted by molar-refractivity contribution is 5.85. The maximum absolute atomic E-state index is 11.5. The normalized spacial score (nSPS) is 12.0. The Bertz CT molecular complexity index is 340. The molecule has 1 atom stereocenters. The molecule has 1 amide bonds. The van der Waals surface area contributed by atoms with Gasteiger partial charge in [0.2, 0.25) is 5.91 Å². The third kappa shape index (κ3) is 5.63. The number of likely N-dealkylation sites (N-methyl/N-ethyl adjacent to an activating group) is 2. The number of furan rings is 1. The Labute approximate surface area is 121 Å². The lowest BCUT2D eigenvalue weighted by Gasteiger charge is -2.28. The van der Waals surface area contributed by atoms with E-state index in [4.69, 9.17) is 4.42 Å². The number of carbonyl (C=O) groups excluding carboxylic acids is 1. The Kier molecular flexibility index (Phi) is 9.30. The predicted molar refractivity (Wildman–Crippen MR) is 78.6 cm³/mol. The zero-order valence-corrected chi connectivity index (χ0v) is 12.6. The van der Waals surface area contributed by atoms with Crippen molar-refractivity contribution in [2.45, 2.75) is 19.9 Å². The predicted octanol–water partition coefficient (Wildman–Crippen LogP) is 1.42. The van der Waals surface area contributed by atoms with Gasteiger partial charge in [-0.25, -0.2) is 0 Å². The first-order valence-electron chi connectivity index (χ1n) is 6.41. The first-order valence-corrected chi connectivity index (χ1v) is 6.41. The van der Waals surface area contributed by atoms with Crippen LogP contribution in [-0.4, -0.2) is 44.0 Å². The summed E-state index contributed by atoms with van der Waals surface area (Å²) in [7, 11) is 1.76. The second-order valence-electron chi connectivity index (χ2n) is 4.09. The Hall–Kier alpha value is -1.04. The van der Waals surface area contributed by atoms with E-state index >= 15 is 0 Å². The number of halogens is 1. The highest BCUT2D eigenvalue weighted by Crippen LogP contribution is 2.19. The fourth-order valence-electron chi connectivity index (χ4n) is 1.99. The molecule has 0 radical (unpaired) electrons. The molecule has 0 aliphatic rings. The second kappa shape index (κ2) is 9.83. The van der Waals surface area contributed by atoms with Crippen molar-refractivity contribution in [2.75, 3.05) is 33.2 Å². The van der Waals surface area contributed by atoms with Crippen LogP contribution < -0.4 is 10.6 Å². The molecule has 1 unspecified atom stereocenters. The summed E-state index contributed by atoms with van der Waals surface area (Å²) in [5, 5.41) is 5.75. The molecular weight excluding hydrogens is 266 g/mol. The zero-order chi connectivity index (χ0) is 13.4. The van der Waals surface area contributed by atoms with Gasteiger partial charge in [-0.2, -0.15) is 0 Å². The first kappa shape index (κ1) is 18.0. The van der Waals surface area contributed by atoms with Crippen LogP contribution in [0.1, 0.15) is 25.6 Å². The Morgan fingerprint density at radius 2 is 2.11 bits per heavy atom. The van der Waals surface area contributed by atoms with Crippen molar-refractivity contribution >= 4 is 18.3 Å².